The van der Waals surface area contributed by atoms with Crippen LogP contribution in [0.4, 0.5) is 15.8 Å². The molecule has 1 aromatic carbocycles. The molecule has 0 atom stereocenters. The van der Waals surface area contributed by atoms with Crippen molar-refractivity contribution >= 4 is 37.3 Å². The first kappa shape index (κ1) is 13.8. The number of nitrogens with one attached hydrogen (secondary N) is 1. The van der Waals surface area contributed by atoms with Gasteiger partial charge in [0.2, 0.25) is 0 Å². The van der Waals surface area contributed by atoms with Crippen molar-refractivity contribution in [1.82, 2.24) is 4.98 Å². The highest BCUT2D eigenvalue weighted by molar-refractivity contribution is 9.10. The van der Waals surface area contributed by atoms with Gasteiger partial charge in [0.1, 0.15) is 10.7 Å². The minimum absolute atomic E-state index is 0.290. The summed E-state index contributed by atoms with van der Waals surface area (Å²) in [5.41, 5.74) is 5.32. The molecule has 8 heteroatoms. The Morgan fingerprint density at radius 3 is 2.74 bits per heavy atom. The van der Waals surface area contributed by atoms with Crippen molar-refractivity contribution in [2.45, 2.75) is 4.90 Å². The van der Waals surface area contributed by atoms with Crippen molar-refractivity contribution in [2.24, 2.45) is 0 Å². The molecule has 0 aliphatic rings. The molecule has 0 radical (unpaired) electrons. The molecule has 5 nitrogen and oxygen atoms in total. The van der Waals surface area contributed by atoms with Crippen molar-refractivity contribution in [2.75, 3.05) is 10.5 Å². The summed E-state index contributed by atoms with van der Waals surface area (Å²) in [6.45, 7) is 0. The molecule has 100 valence electrons. The van der Waals surface area contributed by atoms with E-state index in [1.807, 2.05) is 0 Å². The van der Waals surface area contributed by atoms with Gasteiger partial charge < -0.3 is 5.73 Å². The van der Waals surface area contributed by atoms with Gasteiger partial charge in [0, 0.05) is 12.4 Å². The van der Waals surface area contributed by atoms with E-state index in [1.54, 1.807) is 0 Å². The van der Waals surface area contributed by atoms with Gasteiger partial charge in [0.05, 0.1) is 15.8 Å². The Kier molecular flexibility index (Phi) is 3.72. The molecular weight excluding hydrogens is 337 g/mol. The number of para-hydroxylation sites is 1. The number of aromatic nitrogens is 1. The lowest BCUT2D eigenvalue weighted by atomic mass is 10.3. The molecule has 0 unspecified atom stereocenters. The lowest BCUT2D eigenvalue weighted by Gasteiger charge is -2.11. The van der Waals surface area contributed by atoms with Crippen LogP contribution >= 0.6 is 15.9 Å². The van der Waals surface area contributed by atoms with Gasteiger partial charge in [-0.25, -0.2) is 12.8 Å². The first-order valence-corrected chi connectivity index (χ1v) is 7.36. The molecule has 2 rings (SSSR count). The average Bonchev–Trinajstić information content (AvgIpc) is 2.35. The molecule has 0 fully saturated rings. The lowest BCUT2D eigenvalue weighted by molar-refractivity contribution is 0.597. The van der Waals surface area contributed by atoms with Crippen LogP contribution in [-0.4, -0.2) is 13.4 Å². The zero-order valence-corrected chi connectivity index (χ0v) is 11.9. The molecule has 2 aromatic rings. The topological polar surface area (TPSA) is 85.1 Å². The number of hydrogen-bond donors (Lipinski definition) is 2. The summed E-state index contributed by atoms with van der Waals surface area (Å²) in [7, 11) is -3.96. The van der Waals surface area contributed by atoms with Gasteiger partial charge in [-0.15, -0.1) is 0 Å². The van der Waals surface area contributed by atoms with Gasteiger partial charge in [-0.1, -0.05) is 6.07 Å². The summed E-state index contributed by atoms with van der Waals surface area (Å²) in [6.07, 6.45) is 2.87. The molecule has 0 amide bonds. The predicted molar refractivity (Wildman–Crippen MR) is 73.6 cm³/mol. The fraction of sp³-hybridized carbons (Fsp3) is 0. The number of nitrogens with two attached hydrogens (primary N) is 1. The number of rotatable bonds is 3. The molecule has 3 N–H and O–H groups in total. The van der Waals surface area contributed by atoms with Crippen LogP contribution in [0, 0.1) is 5.82 Å². The Morgan fingerprint density at radius 1 is 1.32 bits per heavy atom. The molecular formula is C11H9BrFN3O2S. The fourth-order valence-corrected chi connectivity index (χ4v) is 3.11. The number of sulfonamides is 1. The van der Waals surface area contributed by atoms with E-state index in [9.17, 15) is 12.8 Å². The van der Waals surface area contributed by atoms with E-state index in [2.05, 4.69) is 25.6 Å². The molecule has 0 aliphatic carbocycles. The fourth-order valence-electron chi connectivity index (χ4n) is 1.41. The third kappa shape index (κ3) is 2.85. The van der Waals surface area contributed by atoms with Crippen molar-refractivity contribution in [3.8, 4) is 0 Å². The van der Waals surface area contributed by atoms with Crippen LogP contribution in [0.1, 0.15) is 0 Å². The first-order chi connectivity index (χ1) is 8.92. The van der Waals surface area contributed by atoms with Crippen LogP contribution in [0.15, 0.2) is 46.0 Å². The monoisotopic (exact) mass is 345 g/mol. The quantitative estimate of drug-likeness (QED) is 0.836. The van der Waals surface area contributed by atoms with Crippen LogP contribution in [0.5, 0.6) is 0 Å². The Balaban J connectivity index is 2.44. The number of benzene rings is 1. The highest BCUT2D eigenvalue weighted by Gasteiger charge is 2.20. The van der Waals surface area contributed by atoms with Gasteiger partial charge in [0.25, 0.3) is 10.0 Å². The maximum absolute atomic E-state index is 13.3. The molecule has 19 heavy (non-hydrogen) atoms. The maximum Gasteiger partial charge on any atom is 0.264 e. The lowest BCUT2D eigenvalue weighted by Crippen LogP contribution is -2.15. The number of hydrogen-bond acceptors (Lipinski definition) is 4. The molecule has 1 aromatic heterocycles. The van der Waals surface area contributed by atoms with Crippen LogP contribution in [-0.2, 0) is 10.0 Å². The van der Waals surface area contributed by atoms with E-state index in [-0.39, 0.29) is 4.90 Å². The van der Waals surface area contributed by atoms with E-state index in [0.29, 0.717) is 10.2 Å². The maximum atomic E-state index is 13.3. The third-order valence-electron chi connectivity index (χ3n) is 2.32. The van der Waals surface area contributed by atoms with Crippen LogP contribution in [0.25, 0.3) is 0 Å². The predicted octanol–water partition coefficient (Wildman–Crippen LogP) is 2.37. The van der Waals surface area contributed by atoms with E-state index in [4.69, 9.17) is 5.73 Å². The van der Waals surface area contributed by atoms with Gasteiger partial charge in [-0.2, -0.15) is 0 Å². The molecule has 0 aliphatic heterocycles. The molecule has 0 saturated carbocycles. The van der Waals surface area contributed by atoms with Crippen LogP contribution < -0.4 is 10.5 Å². The van der Waals surface area contributed by atoms with E-state index >= 15 is 0 Å². The number of anilines is 2. The van der Waals surface area contributed by atoms with Gasteiger partial charge in [0.15, 0.2) is 0 Å². The van der Waals surface area contributed by atoms with Crippen molar-refractivity contribution in [3.63, 3.8) is 0 Å². The van der Waals surface area contributed by atoms with E-state index in [1.165, 1.54) is 30.6 Å². The number of nitrogen functional groups attached to an aromatic ring is 1. The third-order valence-corrected chi connectivity index (χ3v) is 4.37. The molecule has 0 bridgehead atoms. The second-order valence-corrected chi connectivity index (χ2v) is 6.12. The minimum atomic E-state index is -3.96. The van der Waals surface area contributed by atoms with Crippen molar-refractivity contribution in [1.29, 1.82) is 0 Å². The van der Waals surface area contributed by atoms with Crippen LogP contribution in [0.3, 0.4) is 0 Å². The van der Waals surface area contributed by atoms with E-state index < -0.39 is 21.5 Å². The second kappa shape index (κ2) is 5.14. The zero-order valence-electron chi connectivity index (χ0n) is 9.47. The summed E-state index contributed by atoms with van der Waals surface area (Å²) in [6, 6.07) is 5.07. The highest BCUT2D eigenvalue weighted by Crippen LogP contribution is 2.26. The van der Waals surface area contributed by atoms with Crippen molar-refractivity contribution < 1.29 is 12.8 Å². The van der Waals surface area contributed by atoms with Gasteiger partial charge in [-0.3, -0.25) is 9.71 Å². The zero-order chi connectivity index (χ0) is 14.0. The number of halogens is 2. The summed E-state index contributed by atoms with van der Waals surface area (Å²) < 4.78 is 40.3. The molecule has 0 saturated heterocycles. The average molecular weight is 346 g/mol. The van der Waals surface area contributed by atoms with Gasteiger partial charge in [-0.05, 0) is 34.1 Å². The van der Waals surface area contributed by atoms with Gasteiger partial charge >= 0.3 is 0 Å². The Morgan fingerprint density at radius 2 is 2.05 bits per heavy atom. The van der Waals surface area contributed by atoms with Crippen molar-refractivity contribution in [3.05, 3.63) is 46.9 Å². The summed E-state index contributed by atoms with van der Waals surface area (Å²) >= 11 is 3.16. The largest absolute Gasteiger partial charge is 0.395 e. The SMILES string of the molecule is Nc1c(F)cccc1S(=O)(=O)Nc1ccncc1Br. The van der Waals surface area contributed by atoms with Crippen LogP contribution in [0.2, 0.25) is 0 Å². The van der Waals surface area contributed by atoms with E-state index in [0.717, 1.165) is 6.07 Å². The second-order valence-electron chi connectivity index (χ2n) is 3.61. The normalized spacial score (nSPS) is 11.3. The number of nitrogens with zero attached hydrogens (tertiary/aromatic N) is 1. The molecule has 1 heterocycles. The summed E-state index contributed by atoms with van der Waals surface area (Å²) in [5.74, 6) is -0.781. The number of pyridine rings is 1. The Labute approximate surface area is 117 Å². The Hall–Kier alpha value is -1.67. The minimum Gasteiger partial charge on any atom is -0.395 e. The molecule has 0 spiro atoms. The first-order valence-electron chi connectivity index (χ1n) is 5.08. The smallest absolute Gasteiger partial charge is 0.264 e. The standard InChI is InChI=1S/C11H9BrFN3O2S/c12-7-6-15-5-4-9(7)16-19(17,18)10-3-1-2-8(13)11(10)14/h1-6H,14H2,(H,15,16). The summed E-state index contributed by atoms with van der Waals surface area (Å²) in [4.78, 5) is 3.50. The summed E-state index contributed by atoms with van der Waals surface area (Å²) in [5, 5.41) is 0. The Bertz CT molecular complexity index is 722. The highest BCUT2D eigenvalue weighted by atomic mass is 79.9.